The molecule has 0 atom stereocenters. The van der Waals surface area contributed by atoms with Crippen LogP contribution in [0, 0.1) is 10.1 Å². The number of carbonyl (C=O) groups is 1. The first-order chi connectivity index (χ1) is 9.91. The van der Waals surface area contributed by atoms with Gasteiger partial charge in [-0.2, -0.15) is 0 Å². The molecule has 0 unspecified atom stereocenters. The molecular weight excluding hydrogens is 360 g/mol. The second-order valence-corrected chi connectivity index (χ2v) is 5.56. The lowest BCUT2D eigenvalue weighted by Crippen LogP contribution is -2.27. The molecule has 2 aromatic carbocycles. The van der Waals surface area contributed by atoms with E-state index in [4.69, 9.17) is 11.6 Å². The molecule has 5 nitrogen and oxygen atoms in total. The van der Waals surface area contributed by atoms with E-state index in [2.05, 4.69) is 15.9 Å². The monoisotopic (exact) mass is 368 g/mol. The molecule has 0 fully saturated rings. The SMILES string of the molecule is CN(C(=O)c1ccccc1[N+](=O)[O-])c1ccc(Br)cc1Cl. The van der Waals surface area contributed by atoms with Crippen LogP contribution in [0.15, 0.2) is 46.9 Å². The molecule has 1 amide bonds. The van der Waals surface area contributed by atoms with Gasteiger partial charge in [-0.1, -0.05) is 39.7 Å². The summed E-state index contributed by atoms with van der Waals surface area (Å²) >= 11 is 9.38. The molecule has 2 rings (SSSR count). The van der Waals surface area contributed by atoms with Crippen molar-refractivity contribution in [3.63, 3.8) is 0 Å². The number of nitro benzene ring substituents is 1. The first-order valence-electron chi connectivity index (χ1n) is 5.88. The number of para-hydroxylation sites is 1. The maximum Gasteiger partial charge on any atom is 0.282 e. The van der Waals surface area contributed by atoms with Gasteiger partial charge >= 0.3 is 0 Å². The van der Waals surface area contributed by atoms with Gasteiger partial charge in [0.1, 0.15) is 5.56 Å². The topological polar surface area (TPSA) is 63.5 Å². The highest BCUT2D eigenvalue weighted by atomic mass is 79.9. The molecule has 2 aromatic rings. The van der Waals surface area contributed by atoms with Crippen LogP contribution in [0.3, 0.4) is 0 Å². The Morgan fingerprint density at radius 3 is 2.57 bits per heavy atom. The van der Waals surface area contributed by atoms with Gasteiger partial charge in [0.15, 0.2) is 0 Å². The molecule has 0 aliphatic rings. The summed E-state index contributed by atoms with van der Waals surface area (Å²) < 4.78 is 0.780. The van der Waals surface area contributed by atoms with Crippen molar-refractivity contribution >= 4 is 44.8 Å². The van der Waals surface area contributed by atoms with E-state index in [9.17, 15) is 14.9 Å². The van der Waals surface area contributed by atoms with Crippen molar-refractivity contribution < 1.29 is 9.72 Å². The van der Waals surface area contributed by atoms with E-state index in [1.54, 1.807) is 24.3 Å². The van der Waals surface area contributed by atoms with Crippen LogP contribution >= 0.6 is 27.5 Å². The Hall–Kier alpha value is -1.92. The molecule has 0 spiro atoms. The molecule has 0 N–H and O–H groups in total. The highest BCUT2D eigenvalue weighted by Gasteiger charge is 2.23. The van der Waals surface area contributed by atoms with Crippen LogP contribution in [0.2, 0.25) is 5.02 Å². The fraction of sp³-hybridized carbons (Fsp3) is 0.0714. The second kappa shape index (κ2) is 6.24. The maximum absolute atomic E-state index is 12.5. The fourth-order valence-corrected chi connectivity index (χ4v) is 2.66. The van der Waals surface area contributed by atoms with Crippen LogP contribution in [0.25, 0.3) is 0 Å². The Balaban J connectivity index is 2.42. The zero-order chi connectivity index (χ0) is 15.6. The maximum atomic E-state index is 12.5. The average Bonchev–Trinajstić information content (AvgIpc) is 2.45. The first kappa shape index (κ1) is 15.5. The average molecular weight is 370 g/mol. The summed E-state index contributed by atoms with van der Waals surface area (Å²) in [5, 5.41) is 11.4. The minimum atomic E-state index is -0.579. The van der Waals surface area contributed by atoms with Crippen molar-refractivity contribution in [1.82, 2.24) is 0 Å². The minimum Gasteiger partial charge on any atom is -0.310 e. The van der Waals surface area contributed by atoms with Crippen molar-refractivity contribution in [3.05, 3.63) is 67.6 Å². The number of benzene rings is 2. The molecule has 21 heavy (non-hydrogen) atoms. The second-order valence-electron chi connectivity index (χ2n) is 4.23. The summed E-state index contributed by atoms with van der Waals surface area (Å²) in [7, 11) is 1.52. The van der Waals surface area contributed by atoms with Gasteiger partial charge in [-0.15, -0.1) is 0 Å². The number of halogens is 2. The van der Waals surface area contributed by atoms with E-state index in [1.807, 2.05) is 0 Å². The third-order valence-electron chi connectivity index (χ3n) is 2.91. The standard InChI is InChI=1S/C14H10BrClN2O3/c1-17(13-7-6-9(15)8-11(13)16)14(19)10-4-2-3-5-12(10)18(20)21/h2-8H,1H3. The third kappa shape index (κ3) is 3.22. The summed E-state index contributed by atoms with van der Waals surface area (Å²) in [6.45, 7) is 0. The predicted molar refractivity (Wildman–Crippen MR) is 85.0 cm³/mol. The van der Waals surface area contributed by atoms with Crippen molar-refractivity contribution in [1.29, 1.82) is 0 Å². The quantitative estimate of drug-likeness (QED) is 0.599. The largest absolute Gasteiger partial charge is 0.310 e. The van der Waals surface area contributed by atoms with Crippen molar-refractivity contribution in [2.24, 2.45) is 0 Å². The van der Waals surface area contributed by atoms with Crippen molar-refractivity contribution in [2.75, 3.05) is 11.9 Å². The van der Waals surface area contributed by atoms with Crippen LogP contribution in [0.4, 0.5) is 11.4 Å². The lowest BCUT2D eigenvalue weighted by Gasteiger charge is -2.18. The number of amides is 1. The van der Waals surface area contributed by atoms with Crippen LogP contribution in [-0.2, 0) is 0 Å². The molecule has 0 radical (unpaired) electrons. The van der Waals surface area contributed by atoms with Crippen LogP contribution < -0.4 is 4.90 Å². The Morgan fingerprint density at radius 1 is 1.29 bits per heavy atom. The molecule has 0 bridgehead atoms. The van der Waals surface area contributed by atoms with E-state index in [-0.39, 0.29) is 11.3 Å². The van der Waals surface area contributed by atoms with Crippen LogP contribution in [0.5, 0.6) is 0 Å². The normalized spacial score (nSPS) is 10.2. The summed E-state index contributed by atoms with van der Waals surface area (Å²) in [5.74, 6) is -0.494. The molecule has 0 saturated heterocycles. The molecule has 108 valence electrons. The number of hydrogen-bond donors (Lipinski definition) is 0. The van der Waals surface area contributed by atoms with Gasteiger partial charge in [0, 0.05) is 17.6 Å². The summed E-state index contributed by atoms with van der Waals surface area (Å²) in [5.41, 5.74) is 0.259. The zero-order valence-electron chi connectivity index (χ0n) is 10.9. The molecular formula is C14H10BrClN2O3. The first-order valence-corrected chi connectivity index (χ1v) is 7.05. The van der Waals surface area contributed by atoms with Gasteiger partial charge in [0.05, 0.1) is 15.6 Å². The van der Waals surface area contributed by atoms with Gasteiger partial charge in [0.25, 0.3) is 11.6 Å². The Labute approximate surface area is 134 Å². The number of hydrogen-bond acceptors (Lipinski definition) is 3. The van der Waals surface area contributed by atoms with E-state index in [1.165, 1.54) is 30.1 Å². The highest BCUT2D eigenvalue weighted by molar-refractivity contribution is 9.10. The van der Waals surface area contributed by atoms with Gasteiger partial charge in [-0.05, 0) is 24.3 Å². The van der Waals surface area contributed by atoms with Gasteiger partial charge in [-0.25, -0.2) is 0 Å². The lowest BCUT2D eigenvalue weighted by atomic mass is 10.1. The number of rotatable bonds is 3. The Morgan fingerprint density at radius 2 is 1.95 bits per heavy atom. The lowest BCUT2D eigenvalue weighted by molar-refractivity contribution is -0.385. The minimum absolute atomic E-state index is 0.0176. The summed E-state index contributed by atoms with van der Waals surface area (Å²) in [4.78, 5) is 24.2. The molecule has 0 aliphatic carbocycles. The van der Waals surface area contributed by atoms with E-state index in [0.29, 0.717) is 10.7 Å². The molecule has 0 aliphatic heterocycles. The van der Waals surface area contributed by atoms with Crippen molar-refractivity contribution in [2.45, 2.75) is 0 Å². The van der Waals surface area contributed by atoms with Crippen LogP contribution in [0.1, 0.15) is 10.4 Å². The van der Waals surface area contributed by atoms with Gasteiger partial charge < -0.3 is 4.90 Å². The van der Waals surface area contributed by atoms with E-state index < -0.39 is 10.8 Å². The number of nitrogens with zero attached hydrogens (tertiary/aromatic N) is 2. The van der Waals surface area contributed by atoms with E-state index in [0.717, 1.165) is 4.47 Å². The molecule has 0 aromatic heterocycles. The number of nitro groups is 1. The van der Waals surface area contributed by atoms with E-state index >= 15 is 0 Å². The van der Waals surface area contributed by atoms with Crippen molar-refractivity contribution in [3.8, 4) is 0 Å². The fourth-order valence-electron chi connectivity index (χ4n) is 1.86. The number of carbonyl (C=O) groups excluding carboxylic acids is 1. The smallest absolute Gasteiger partial charge is 0.282 e. The Bertz CT molecular complexity index is 721. The summed E-state index contributed by atoms with van der Waals surface area (Å²) in [6, 6.07) is 10.9. The zero-order valence-corrected chi connectivity index (χ0v) is 13.3. The highest BCUT2D eigenvalue weighted by Crippen LogP contribution is 2.30. The summed E-state index contributed by atoms with van der Waals surface area (Å²) in [6.07, 6.45) is 0. The third-order valence-corrected chi connectivity index (χ3v) is 3.70. The van der Waals surface area contributed by atoms with Crippen LogP contribution in [-0.4, -0.2) is 17.9 Å². The van der Waals surface area contributed by atoms with Gasteiger partial charge in [0.2, 0.25) is 0 Å². The molecule has 0 saturated carbocycles. The Kier molecular flexibility index (Phi) is 4.59. The number of anilines is 1. The molecule has 0 heterocycles. The molecule has 7 heteroatoms. The predicted octanol–water partition coefficient (Wildman–Crippen LogP) is 4.29. The van der Waals surface area contributed by atoms with Gasteiger partial charge in [-0.3, -0.25) is 14.9 Å².